The number of nitrogens with zero attached hydrogens (tertiary/aromatic N) is 4. The Kier molecular flexibility index (Phi) is 15.2. The van der Waals surface area contributed by atoms with E-state index >= 15 is 0 Å². The lowest BCUT2D eigenvalue weighted by atomic mass is 9.83. The SMILES string of the molecule is CCCc1cnccc1CCNC(=O)CC(c1cccc(C(c2ccccc2)N2C=C(C(CC(=O)NC3CCCCC3)c3cccc(C)c3)C3=CC=CNC32)c1)c1cn(Cc2ccccc2)c2ncccc12. The van der Waals surface area contributed by atoms with E-state index < -0.39 is 0 Å². The summed E-state index contributed by atoms with van der Waals surface area (Å²) in [4.78, 5) is 40.4. The average molecular weight is 954 g/mol. The number of pyridine rings is 2. The van der Waals surface area contributed by atoms with Gasteiger partial charge in [-0.2, -0.15) is 0 Å². The molecule has 0 saturated heterocycles. The number of rotatable bonds is 19. The highest BCUT2D eigenvalue weighted by atomic mass is 16.2. The summed E-state index contributed by atoms with van der Waals surface area (Å²) in [6.45, 7) is 5.50. The maximum absolute atomic E-state index is 14.5. The summed E-state index contributed by atoms with van der Waals surface area (Å²) in [5.74, 6) is -0.347. The Morgan fingerprint density at radius 2 is 1.50 bits per heavy atom. The van der Waals surface area contributed by atoms with Crippen LogP contribution in [0.3, 0.4) is 0 Å². The summed E-state index contributed by atoms with van der Waals surface area (Å²) >= 11 is 0. The Morgan fingerprint density at radius 3 is 2.31 bits per heavy atom. The molecule has 72 heavy (non-hydrogen) atoms. The maximum atomic E-state index is 14.5. The third-order valence-electron chi connectivity index (χ3n) is 14.9. The fourth-order valence-corrected chi connectivity index (χ4v) is 11.5. The van der Waals surface area contributed by atoms with Crippen molar-refractivity contribution in [2.24, 2.45) is 0 Å². The number of amides is 2. The molecule has 7 aromatic rings. The summed E-state index contributed by atoms with van der Waals surface area (Å²) in [6, 6.07) is 45.0. The van der Waals surface area contributed by atoms with E-state index in [4.69, 9.17) is 4.98 Å². The predicted octanol–water partition coefficient (Wildman–Crippen LogP) is 11.9. The van der Waals surface area contributed by atoms with E-state index in [1.165, 1.54) is 28.7 Å². The molecule has 3 N–H and O–H groups in total. The fourth-order valence-electron chi connectivity index (χ4n) is 11.5. The molecule has 1 fully saturated rings. The highest BCUT2D eigenvalue weighted by Gasteiger charge is 2.40. The van der Waals surface area contributed by atoms with Gasteiger partial charge in [0, 0.05) is 80.2 Å². The van der Waals surface area contributed by atoms with Gasteiger partial charge in [-0.25, -0.2) is 4.98 Å². The molecule has 0 spiro atoms. The summed E-state index contributed by atoms with van der Waals surface area (Å²) in [5, 5.41) is 11.6. The highest BCUT2D eigenvalue weighted by Crippen LogP contribution is 2.46. The minimum atomic E-state index is -0.286. The number of benzene rings is 4. The van der Waals surface area contributed by atoms with Gasteiger partial charge in [-0.15, -0.1) is 0 Å². The van der Waals surface area contributed by atoms with E-state index in [2.05, 4.69) is 184 Å². The van der Waals surface area contributed by atoms with Gasteiger partial charge >= 0.3 is 0 Å². The number of fused-ring (bicyclic) bond motifs is 2. The van der Waals surface area contributed by atoms with Crippen LogP contribution in [-0.4, -0.2) is 50.0 Å². The quantitative estimate of drug-likeness (QED) is 0.0746. The fraction of sp³-hybridized carbons (Fsp3) is 0.302. The van der Waals surface area contributed by atoms with E-state index in [1.54, 1.807) is 0 Å². The first kappa shape index (κ1) is 48.1. The van der Waals surface area contributed by atoms with E-state index in [0.717, 1.165) is 94.9 Å². The van der Waals surface area contributed by atoms with Crippen LogP contribution in [0.15, 0.2) is 188 Å². The third-order valence-corrected chi connectivity index (χ3v) is 14.9. The van der Waals surface area contributed by atoms with E-state index in [-0.39, 0.29) is 48.3 Å². The molecule has 1 saturated carbocycles. The monoisotopic (exact) mass is 954 g/mol. The lowest BCUT2D eigenvalue weighted by molar-refractivity contribution is -0.122. The first-order chi connectivity index (χ1) is 35.4. The molecule has 4 aromatic carbocycles. The molecule has 4 unspecified atom stereocenters. The minimum absolute atomic E-state index is 0.00114. The average Bonchev–Trinajstić information content (AvgIpc) is 3.97. The van der Waals surface area contributed by atoms with Crippen LogP contribution in [0.25, 0.3) is 11.0 Å². The number of aromatic nitrogens is 3. The Hall–Kier alpha value is -7.52. The molecular formula is C63H67N7O2. The standard InChI is InChI=1S/C63H67N7O2/c1-3-17-51-40-64-34-30-46(51)31-35-65-59(71)38-55(57-42-69(41-45-19-7-4-8-20-45)62-53(57)28-15-32-66-62)49-24-14-25-50(37-49)61(47-21-9-5-10-22-47)70-43-58(54-29-16-33-67-63(54)70)56(48-23-13-18-44(2)36-48)39-60(72)68-52-26-11-6-12-27-52/h4-5,7-10,13-16,18-25,28-30,32-34,36-37,40,42-43,52,55-56,61,63,67H,3,6,11-12,17,26-27,31,35,38-39,41H2,1-2H3,(H,65,71)(H,68,72). The Labute approximate surface area is 425 Å². The van der Waals surface area contributed by atoms with Crippen LogP contribution in [-0.2, 0) is 29.0 Å². The molecule has 0 radical (unpaired) electrons. The normalized spacial score (nSPS) is 16.8. The number of carbonyl (C=O) groups excluding carboxylic acids is 2. The molecule has 4 atom stereocenters. The van der Waals surface area contributed by atoms with Crippen molar-refractivity contribution in [3.8, 4) is 0 Å². The number of carbonyl (C=O) groups is 2. The minimum Gasteiger partial charge on any atom is -0.368 e. The van der Waals surface area contributed by atoms with Crippen molar-refractivity contribution in [3.05, 3.63) is 238 Å². The molecule has 2 aliphatic heterocycles. The maximum Gasteiger partial charge on any atom is 0.221 e. The summed E-state index contributed by atoms with van der Waals surface area (Å²) in [7, 11) is 0. The second-order valence-electron chi connectivity index (χ2n) is 20.0. The molecule has 9 heteroatoms. The van der Waals surface area contributed by atoms with Crippen LogP contribution >= 0.6 is 0 Å². The van der Waals surface area contributed by atoms with Crippen molar-refractivity contribution in [1.29, 1.82) is 0 Å². The van der Waals surface area contributed by atoms with Crippen molar-refractivity contribution < 1.29 is 9.59 Å². The topological polar surface area (TPSA) is 104 Å². The van der Waals surface area contributed by atoms with Crippen molar-refractivity contribution >= 4 is 22.8 Å². The summed E-state index contributed by atoms with van der Waals surface area (Å²) < 4.78 is 2.23. The molecule has 3 aromatic heterocycles. The molecule has 366 valence electrons. The Balaban J connectivity index is 1.04. The second-order valence-corrected chi connectivity index (χ2v) is 20.0. The summed E-state index contributed by atoms with van der Waals surface area (Å²) in [6.07, 6.45) is 25.4. The van der Waals surface area contributed by atoms with Crippen molar-refractivity contribution in [1.82, 2.24) is 35.4 Å². The third kappa shape index (κ3) is 11.0. The number of hydrogen-bond donors (Lipinski definition) is 3. The van der Waals surface area contributed by atoms with Gasteiger partial charge in [0.05, 0.1) is 6.04 Å². The Morgan fingerprint density at radius 1 is 0.750 bits per heavy atom. The van der Waals surface area contributed by atoms with Crippen LogP contribution < -0.4 is 16.0 Å². The smallest absolute Gasteiger partial charge is 0.221 e. The van der Waals surface area contributed by atoms with Crippen molar-refractivity contribution in [3.63, 3.8) is 0 Å². The molecule has 9 nitrogen and oxygen atoms in total. The second kappa shape index (κ2) is 22.7. The van der Waals surface area contributed by atoms with Crippen LogP contribution in [0.1, 0.15) is 126 Å². The molecular weight excluding hydrogens is 887 g/mol. The number of dihydropyridines is 1. The van der Waals surface area contributed by atoms with Gasteiger partial charge in [-0.05, 0) is 119 Å². The Bertz CT molecular complexity index is 3080. The van der Waals surface area contributed by atoms with Gasteiger partial charge in [0.15, 0.2) is 0 Å². The zero-order valence-electron chi connectivity index (χ0n) is 41.7. The predicted molar refractivity (Wildman–Crippen MR) is 289 cm³/mol. The largest absolute Gasteiger partial charge is 0.368 e. The lowest BCUT2D eigenvalue weighted by Crippen LogP contribution is -2.42. The van der Waals surface area contributed by atoms with Gasteiger partial charge in [0.1, 0.15) is 11.8 Å². The van der Waals surface area contributed by atoms with E-state index in [1.807, 2.05) is 36.9 Å². The number of hydrogen-bond acceptors (Lipinski definition) is 6. The van der Waals surface area contributed by atoms with Crippen molar-refractivity contribution in [2.75, 3.05) is 6.54 Å². The highest BCUT2D eigenvalue weighted by molar-refractivity contribution is 5.84. The zero-order chi connectivity index (χ0) is 49.2. The van der Waals surface area contributed by atoms with Crippen molar-refractivity contribution in [2.45, 2.75) is 115 Å². The van der Waals surface area contributed by atoms with Gasteiger partial charge in [0.2, 0.25) is 11.8 Å². The molecule has 0 bridgehead atoms. The molecule has 5 heterocycles. The number of nitrogens with one attached hydrogen (secondary N) is 3. The summed E-state index contributed by atoms with van der Waals surface area (Å²) in [5.41, 5.74) is 13.5. The van der Waals surface area contributed by atoms with Crippen LogP contribution in [0.2, 0.25) is 0 Å². The molecule has 10 rings (SSSR count). The first-order valence-corrected chi connectivity index (χ1v) is 26.2. The van der Waals surface area contributed by atoms with Crippen LogP contribution in [0.4, 0.5) is 0 Å². The van der Waals surface area contributed by atoms with Gasteiger partial charge in [-0.1, -0.05) is 153 Å². The van der Waals surface area contributed by atoms with Crippen LogP contribution in [0.5, 0.6) is 0 Å². The number of aryl methyl sites for hydroxylation is 2. The molecule has 3 aliphatic rings. The van der Waals surface area contributed by atoms with Gasteiger partial charge in [-0.3, -0.25) is 14.6 Å². The molecule has 2 amide bonds. The van der Waals surface area contributed by atoms with E-state index in [9.17, 15) is 9.59 Å². The van der Waals surface area contributed by atoms with Gasteiger partial charge < -0.3 is 25.4 Å². The van der Waals surface area contributed by atoms with E-state index in [0.29, 0.717) is 19.5 Å². The first-order valence-electron chi connectivity index (χ1n) is 26.2. The van der Waals surface area contributed by atoms with Crippen LogP contribution in [0, 0.1) is 6.92 Å². The lowest BCUT2D eigenvalue weighted by Gasteiger charge is -2.36. The molecule has 1 aliphatic carbocycles. The zero-order valence-corrected chi connectivity index (χ0v) is 41.7. The van der Waals surface area contributed by atoms with Gasteiger partial charge in [0.25, 0.3) is 0 Å². The number of allylic oxidation sites excluding steroid dienone is 2.